The number of hydrogen-bond acceptors (Lipinski definition) is 4. The molecule has 0 spiro atoms. The van der Waals surface area contributed by atoms with E-state index in [0.717, 1.165) is 42.6 Å². The fourth-order valence-electron chi connectivity index (χ4n) is 8.02. The van der Waals surface area contributed by atoms with E-state index in [4.69, 9.17) is 4.74 Å². The summed E-state index contributed by atoms with van der Waals surface area (Å²) in [6, 6.07) is 10.6. The number of amides is 1. The van der Waals surface area contributed by atoms with Crippen molar-refractivity contribution >= 4 is 28.2 Å². The van der Waals surface area contributed by atoms with E-state index in [9.17, 15) is 9.59 Å². The predicted octanol–water partition coefficient (Wildman–Crippen LogP) is 6.35. The minimum absolute atomic E-state index is 0.0836. The van der Waals surface area contributed by atoms with Crippen LogP contribution in [-0.4, -0.2) is 19.0 Å². The first-order valence-electron chi connectivity index (χ1n) is 12.6. The van der Waals surface area contributed by atoms with Gasteiger partial charge in [0.15, 0.2) is 0 Å². The van der Waals surface area contributed by atoms with Gasteiger partial charge in [-0.15, -0.1) is 11.3 Å². The van der Waals surface area contributed by atoms with E-state index < -0.39 is 0 Å². The highest BCUT2D eigenvalue weighted by atomic mass is 32.1. The number of hydrogen-bond donors (Lipinski definition) is 1. The fourth-order valence-corrected chi connectivity index (χ4v) is 9.35. The molecule has 1 amide bonds. The molecule has 5 aliphatic carbocycles. The normalized spacial score (nSPS) is 31.8. The van der Waals surface area contributed by atoms with Crippen LogP contribution in [-0.2, 0) is 22.4 Å². The van der Waals surface area contributed by atoms with Crippen molar-refractivity contribution < 1.29 is 14.3 Å². The van der Waals surface area contributed by atoms with Gasteiger partial charge in [0.1, 0.15) is 5.00 Å². The number of ether oxygens (including phenoxy) is 1. The first kappa shape index (κ1) is 21.4. The maximum Gasteiger partial charge on any atom is 0.341 e. The Balaban J connectivity index is 1.23. The summed E-state index contributed by atoms with van der Waals surface area (Å²) in [6.07, 6.45) is 11.2. The summed E-state index contributed by atoms with van der Waals surface area (Å²) in [5.41, 5.74) is 3.23. The number of thiophene rings is 1. The Hall–Kier alpha value is -2.14. The maximum atomic E-state index is 13.3. The smallest absolute Gasteiger partial charge is 0.341 e. The summed E-state index contributed by atoms with van der Waals surface area (Å²) in [5.74, 6) is 2.71. The number of anilines is 1. The van der Waals surface area contributed by atoms with Crippen molar-refractivity contribution in [2.75, 3.05) is 12.4 Å². The first-order chi connectivity index (χ1) is 16.0. The van der Waals surface area contributed by atoms with E-state index in [1.807, 2.05) is 0 Å². The highest BCUT2D eigenvalue weighted by Crippen LogP contribution is 2.61. The van der Waals surface area contributed by atoms with E-state index in [-0.39, 0.29) is 17.3 Å². The van der Waals surface area contributed by atoms with Crippen molar-refractivity contribution in [3.05, 3.63) is 51.9 Å². The van der Waals surface area contributed by atoms with Crippen LogP contribution in [0.4, 0.5) is 5.00 Å². The SMILES string of the molecule is COC(=O)c1c(NC(=O)CC23CC4CC(CC(C4)C2)C3)sc2c1CC[C@H](c1ccccc1)C2. The lowest BCUT2D eigenvalue weighted by Crippen LogP contribution is -2.47. The average Bonchev–Trinajstić information content (AvgIpc) is 3.14. The zero-order valence-corrected chi connectivity index (χ0v) is 20.2. The van der Waals surface area contributed by atoms with E-state index in [2.05, 4.69) is 35.6 Å². The summed E-state index contributed by atoms with van der Waals surface area (Å²) in [7, 11) is 1.43. The molecule has 1 aromatic carbocycles. The molecule has 1 N–H and O–H groups in total. The van der Waals surface area contributed by atoms with E-state index in [0.29, 0.717) is 22.9 Å². The Morgan fingerprint density at radius 2 is 1.73 bits per heavy atom. The van der Waals surface area contributed by atoms with Crippen LogP contribution in [0.5, 0.6) is 0 Å². The number of benzene rings is 1. The molecule has 2 aromatic rings. The molecule has 5 aliphatic rings. The third-order valence-electron chi connectivity index (χ3n) is 8.88. The van der Waals surface area contributed by atoms with E-state index >= 15 is 0 Å². The zero-order valence-electron chi connectivity index (χ0n) is 19.4. The number of esters is 1. The molecule has 1 atom stereocenters. The van der Waals surface area contributed by atoms with Crippen LogP contribution in [0.15, 0.2) is 30.3 Å². The van der Waals surface area contributed by atoms with Gasteiger partial charge in [0.05, 0.1) is 12.7 Å². The van der Waals surface area contributed by atoms with Gasteiger partial charge in [-0.3, -0.25) is 4.79 Å². The maximum absolute atomic E-state index is 13.3. The standard InChI is InChI=1S/C28H33NO3S/c1-32-27(31)25-22-8-7-21(20-5-3-2-4-6-20)12-23(22)33-26(25)29-24(30)16-28-13-17-9-18(14-28)11-19(10-17)15-28/h2-6,17-19,21H,7-16H2,1H3,(H,29,30)/t17?,18?,19?,21-,28?/m0/s1. The van der Waals surface area contributed by atoms with Gasteiger partial charge in [-0.1, -0.05) is 30.3 Å². The molecule has 0 saturated heterocycles. The number of fused-ring (bicyclic) bond motifs is 1. The quantitative estimate of drug-likeness (QED) is 0.526. The third kappa shape index (κ3) is 3.92. The van der Waals surface area contributed by atoms with Crippen LogP contribution in [0.1, 0.15) is 83.6 Å². The molecule has 1 heterocycles. The van der Waals surface area contributed by atoms with Crippen LogP contribution >= 0.6 is 11.3 Å². The summed E-state index contributed by atoms with van der Waals surface area (Å²) in [5, 5.41) is 3.90. The molecule has 0 aliphatic heterocycles. The lowest BCUT2D eigenvalue weighted by atomic mass is 9.49. The van der Waals surface area contributed by atoms with Gasteiger partial charge in [-0.25, -0.2) is 4.79 Å². The lowest BCUT2D eigenvalue weighted by molar-refractivity contribution is -0.124. The first-order valence-corrected chi connectivity index (χ1v) is 13.4. The van der Waals surface area contributed by atoms with Crippen LogP contribution < -0.4 is 5.32 Å². The monoisotopic (exact) mass is 463 g/mol. The van der Waals surface area contributed by atoms with Crippen LogP contribution in [0.3, 0.4) is 0 Å². The molecule has 33 heavy (non-hydrogen) atoms. The molecule has 4 bridgehead atoms. The van der Waals surface area contributed by atoms with Gasteiger partial charge in [-0.05, 0) is 98.0 Å². The Kier molecular flexibility index (Phi) is 5.36. The summed E-state index contributed by atoms with van der Waals surface area (Å²) in [6.45, 7) is 0. The number of carbonyl (C=O) groups excluding carboxylic acids is 2. The predicted molar refractivity (Wildman–Crippen MR) is 131 cm³/mol. The molecular weight excluding hydrogens is 430 g/mol. The second-order valence-electron chi connectivity index (χ2n) is 11.2. The lowest BCUT2D eigenvalue weighted by Gasteiger charge is -2.56. The highest BCUT2D eigenvalue weighted by Gasteiger charge is 2.51. The molecule has 0 radical (unpaired) electrons. The molecule has 7 rings (SSSR count). The van der Waals surface area contributed by atoms with Crippen molar-refractivity contribution in [3.8, 4) is 0 Å². The minimum Gasteiger partial charge on any atom is -0.465 e. The summed E-state index contributed by atoms with van der Waals surface area (Å²) >= 11 is 1.59. The molecule has 174 valence electrons. The topological polar surface area (TPSA) is 55.4 Å². The van der Waals surface area contributed by atoms with Gasteiger partial charge >= 0.3 is 5.97 Å². The number of carbonyl (C=O) groups is 2. The second-order valence-corrected chi connectivity index (χ2v) is 12.3. The van der Waals surface area contributed by atoms with Crippen LogP contribution in [0.2, 0.25) is 0 Å². The van der Waals surface area contributed by atoms with Crippen LogP contribution in [0.25, 0.3) is 0 Å². The summed E-state index contributed by atoms with van der Waals surface area (Å²) < 4.78 is 5.14. The zero-order chi connectivity index (χ0) is 22.6. The highest BCUT2D eigenvalue weighted by molar-refractivity contribution is 7.17. The van der Waals surface area contributed by atoms with Gasteiger partial charge in [0.2, 0.25) is 5.91 Å². The third-order valence-corrected chi connectivity index (χ3v) is 10.0. The number of methoxy groups -OCH3 is 1. The van der Waals surface area contributed by atoms with E-state index in [1.165, 1.54) is 56.1 Å². The Labute approximate surface area is 200 Å². The van der Waals surface area contributed by atoms with Gasteiger partial charge in [-0.2, -0.15) is 0 Å². The largest absolute Gasteiger partial charge is 0.465 e. The van der Waals surface area contributed by atoms with Gasteiger partial charge in [0.25, 0.3) is 0 Å². The van der Waals surface area contributed by atoms with Gasteiger partial charge in [0, 0.05) is 11.3 Å². The number of nitrogens with one attached hydrogen (secondary N) is 1. The molecule has 4 fully saturated rings. The molecule has 4 nitrogen and oxygen atoms in total. The van der Waals surface area contributed by atoms with Crippen molar-refractivity contribution in [1.29, 1.82) is 0 Å². The second kappa shape index (κ2) is 8.26. The van der Waals surface area contributed by atoms with Crippen LogP contribution in [0, 0.1) is 23.2 Å². The van der Waals surface area contributed by atoms with Gasteiger partial charge < -0.3 is 10.1 Å². The Morgan fingerprint density at radius 1 is 1.06 bits per heavy atom. The fraction of sp³-hybridized carbons (Fsp3) is 0.571. The van der Waals surface area contributed by atoms with Crippen molar-refractivity contribution in [2.24, 2.45) is 23.2 Å². The van der Waals surface area contributed by atoms with Crippen molar-refractivity contribution in [3.63, 3.8) is 0 Å². The Bertz CT molecular complexity index is 1040. The number of rotatable bonds is 5. The Morgan fingerprint density at radius 3 is 2.36 bits per heavy atom. The summed E-state index contributed by atoms with van der Waals surface area (Å²) in [4.78, 5) is 27.3. The molecule has 4 saturated carbocycles. The molecule has 0 unspecified atom stereocenters. The minimum atomic E-state index is -0.323. The molecule has 5 heteroatoms. The van der Waals surface area contributed by atoms with Crippen molar-refractivity contribution in [1.82, 2.24) is 0 Å². The van der Waals surface area contributed by atoms with Crippen molar-refractivity contribution in [2.45, 2.75) is 70.1 Å². The molecular formula is C28H33NO3S. The molecule has 1 aromatic heterocycles. The van der Waals surface area contributed by atoms with E-state index in [1.54, 1.807) is 11.3 Å². The average molecular weight is 464 g/mol.